The fraction of sp³-hybridized carbons (Fsp3) is 0.471. The molecule has 4 rings (SSSR count). The molecule has 2 aromatic rings. The van der Waals surface area contributed by atoms with E-state index in [1.807, 2.05) is 0 Å². The summed E-state index contributed by atoms with van der Waals surface area (Å²) in [5, 5.41) is 13.8. The largest absolute Gasteiger partial charge is 0.489 e. The Balaban J connectivity index is 1.38. The first-order valence-electron chi connectivity index (χ1n) is 8.97. The minimum absolute atomic E-state index is 0.159. The second kappa shape index (κ2) is 7.28. The van der Waals surface area contributed by atoms with Gasteiger partial charge in [0.25, 0.3) is 0 Å². The quantitative estimate of drug-likeness (QED) is 0.526. The molecule has 2 aliphatic heterocycles. The Morgan fingerprint density at radius 1 is 1.41 bits per heavy atom. The zero-order valence-corrected chi connectivity index (χ0v) is 16.4. The van der Waals surface area contributed by atoms with E-state index in [9.17, 15) is 18.5 Å². The predicted molar refractivity (Wildman–Crippen MR) is 99.6 cm³/mol. The van der Waals surface area contributed by atoms with Gasteiger partial charge in [-0.25, -0.2) is 8.42 Å². The number of ether oxygens (including phenoxy) is 3. The van der Waals surface area contributed by atoms with Crippen molar-refractivity contribution in [2.24, 2.45) is 0 Å². The molecule has 11 nitrogen and oxygen atoms in total. The van der Waals surface area contributed by atoms with Crippen molar-refractivity contribution >= 4 is 15.7 Å². The van der Waals surface area contributed by atoms with Gasteiger partial charge in [0.1, 0.15) is 18.6 Å². The number of morpholine rings is 1. The van der Waals surface area contributed by atoms with Gasteiger partial charge in [-0.05, 0) is 36.1 Å². The minimum Gasteiger partial charge on any atom is -0.489 e. The maximum atomic E-state index is 12.6. The van der Waals surface area contributed by atoms with E-state index in [4.69, 9.17) is 14.2 Å². The lowest BCUT2D eigenvalue weighted by Crippen LogP contribution is -2.43. The van der Waals surface area contributed by atoms with Gasteiger partial charge in [0.2, 0.25) is 9.84 Å². The number of fused-ring (bicyclic) bond motifs is 1. The van der Waals surface area contributed by atoms with E-state index in [1.54, 1.807) is 23.6 Å². The van der Waals surface area contributed by atoms with Gasteiger partial charge in [0.05, 0.1) is 18.0 Å². The molecule has 0 bridgehead atoms. The van der Waals surface area contributed by atoms with Crippen LogP contribution >= 0.6 is 0 Å². The van der Waals surface area contributed by atoms with Gasteiger partial charge in [-0.15, -0.1) is 0 Å². The van der Waals surface area contributed by atoms with Crippen LogP contribution in [0.2, 0.25) is 0 Å². The van der Waals surface area contributed by atoms with Crippen LogP contribution in [0.1, 0.15) is 6.92 Å². The molecule has 0 amide bonds. The summed E-state index contributed by atoms with van der Waals surface area (Å²) in [6.07, 6.45) is 1.32. The van der Waals surface area contributed by atoms with Gasteiger partial charge in [-0.1, -0.05) is 0 Å². The Kier molecular flexibility index (Phi) is 4.92. The third-order valence-electron chi connectivity index (χ3n) is 4.69. The van der Waals surface area contributed by atoms with Gasteiger partial charge < -0.3 is 29.6 Å². The third kappa shape index (κ3) is 3.91. The van der Waals surface area contributed by atoms with Crippen molar-refractivity contribution in [1.29, 1.82) is 0 Å². The number of nitro groups is 1. The van der Waals surface area contributed by atoms with E-state index in [2.05, 4.69) is 10.3 Å². The van der Waals surface area contributed by atoms with Crippen molar-refractivity contribution in [1.82, 2.24) is 14.9 Å². The van der Waals surface area contributed by atoms with Gasteiger partial charge in [-0.3, -0.25) is 4.57 Å². The summed E-state index contributed by atoms with van der Waals surface area (Å²) in [7, 11) is -3.59. The van der Waals surface area contributed by atoms with Crippen molar-refractivity contribution in [3.8, 4) is 11.8 Å². The topological polar surface area (TPSA) is 135 Å². The van der Waals surface area contributed by atoms with E-state index < -0.39 is 25.8 Å². The molecule has 1 saturated heterocycles. The van der Waals surface area contributed by atoms with Gasteiger partial charge in [0.15, 0.2) is 11.0 Å². The monoisotopic (exact) mass is 424 g/mol. The van der Waals surface area contributed by atoms with Gasteiger partial charge >= 0.3 is 11.8 Å². The Morgan fingerprint density at radius 2 is 2.17 bits per heavy atom. The predicted octanol–water partition coefficient (Wildman–Crippen LogP) is 0.741. The number of aromatic nitrogens is 2. The minimum atomic E-state index is -3.59. The van der Waals surface area contributed by atoms with Crippen LogP contribution in [0.3, 0.4) is 0 Å². The molecule has 1 aromatic heterocycles. The molecular weight excluding hydrogens is 404 g/mol. The number of rotatable bonds is 6. The van der Waals surface area contributed by atoms with E-state index >= 15 is 0 Å². The highest BCUT2D eigenvalue weighted by Crippen LogP contribution is 2.31. The highest BCUT2D eigenvalue weighted by atomic mass is 32.2. The number of sulfone groups is 1. The number of hydrogen-bond acceptors (Lipinski definition) is 9. The molecule has 12 heteroatoms. The van der Waals surface area contributed by atoms with Crippen LogP contribution in [0.25, 0.3) is 0 Å². The molecule has 2 aliphatic rings. The molecule has 1 fully saturated rings. The maximum absolute atomic E-state index is 12.6. The second-order valence-corrected chi connectivity index (χ2v) is 9.22. The molecule has 1 N–H and O–H groups in total. The summed E-state index contributed by atoms with van der Waals surface area (Å²) in [5.41, 5.74) is -1.65. The normalized spacial score (nSPS) is 24.0. The molecule has 0 aliphatic carbocycles. The van der Waals surface area contributed by atoms with Crippen molar-refractivity contribution in [3.63, 3.8) is 0 Å². The first-order chi connectivity index (χ1) is 13.8. The third-order valence-corrected chi connectivity index (χ3v) is 6.62. The molecule has 2 atom stereocenters. The summed E-state index contributed by atoms with van der Waals surface area (Å²) >= 11 is 0. The molecule has 29 heavy (non-hydrogen) atoms. The molecule has 0 radical (unpaired) electrons. The number of benzene rings is 1. The van der Waals surface area contributed by atoms with Gasteiger partial charge in [-0.2, -0.15) is 0 Å². The summed E-state index contributed by atoms with van der Waals surface area (Å²) in [6.45, 7) is 3.55. The molecule has 1 unspecified atom stereocenters. The lowest BCUT2D eigenvalue weighted by atomic mass is 10.1. The lowest BCUT2D eigenvalue weighted by Gasteiger charge is -2.24. The SMILES string of the molecule is C[C@]1(COc2ccc(S(=O)(=O)C3CNCCO3)cc2)Cn2cc([N+](=O)[O-])nc2O1. The first-order valence-corrected chi connectivity index (χ1v) is 10.5. The van der Waals surface area contributed by atoms with Crippen LogP contribution in [0.4, 0.5) is 5.82 Å². The zero-order valence-electron chi connectivity index (χ0n) is 15.6. The molecule has 1 aromatic carbocycles. The number of imidazole rings is 1. The number of hydrogen-bond donors (Lipinski definition) is 1. The van der Waals surface area contributed by atoms with Crippen LogP contribution in [0.15, 0.2) is 35.4 Å². The smallest absolute Gasteiger partial charge is 0.415 e. The number of nitrogens with zero attached hydrogens (tertiary/aromatic N) is 3. The van der Waals surface area contributed by atoms with Crippen LogP contribution in [-0.2, 0) is 21.1 Å². The Bertz CT molecular complexity index is 989. The van der Waals surface area contributed by atoms with Crippen LogP contribution in [-0.4, -0.2) is 60.2 Å². The fourth-order valence-corrected chi connectivity index (χ4v) is 4.64. The highest BCUT2D eigenvalue weighted by molar-refractivity contribution is 7.92. The molecular formula is C17H20N4O7S. The Hall–Kier alpha value is -2.70. The average Bonchev–Trinajstić information content (AvgIpc) is 3.23. The molecule has 3 heterocycles. The highest BCUT2D eigenvalue weighted by Gasteiger charge is 2.41. The molecule has 0 saturated carbocycles. The van der Waals surface area contributed by atoms with Crippen LogP contribution in [0.5, 0.6) is 11.8 Å². The summed E-state index contributed by atoms with van der Waals surface area (Å²) < 4.78 is 43.6. The zero-order chi connectivity index (χ0) is 20.6. The summed E-state index contributed by atoms with van der Waals surface area (Å²) in [6, 6.07) is 6.28. The summed E-state index contributed by atoms with van der Waals surface area (Å²) in [4.78, 5) is 14.2. The Morgan fingerprint density at radius 3 is 2.79 bits per heavy atom. The fourth-order valence-electron chi connectivity index (χ4n) is 3.21. The van der Waals surface area contributed by atoms with Crippen molar-refractivity contribution in [2.75, 3.05) is 26.3 Å². The summed E-state index contributed by atoms with van der Waals surface area (Å²) in [5.74, 6) is 0.212. The first kappa shape index (κ1) is 19.6. The number of nitrogens with one attached hydrogen (secondary N) is 1. The Labute approximate surface area is 166 Å². The molecule has 0 spiro atoms. The lowest BCUT2D eigenvalue weighted by molar-refractivity contribution is -0.389. The average molecular weight is 424 g/mol. The van der Waals surface area contributed by atoms with Crippen molar-refractivity contribution < 1.29 is 27.6 Å². The van der Waals surface area contributed by atoms with Crippen molar-refractivity contribution in [3.05, 3.63) is 40.6 Å². The standard InChI is InChI=1S/C17H20N4O7S/c1-17(10-20-9-14(21(22)23)19-16(20)28-17)11-27-12-2-4-13(5-3-12)29(24,25)15-8-18-6-7-26-15/h2-5,9,15,18H,6-8,10-11H2,1H3/t15?,17-/m1/s1. The van der Waals surface area contributed by atoms with E-state index in [1.165, 1.54) is 18.3 Å². The van der Waals surface area contributed by atoms with Crippen LogP contribution in [0, 0.1) is 10.1 Å². The van der Waals surface area contributed by atoms with E-state index in [0.29, 0.717) is 25.4 Å². The van der Waals surface area contributed by atoms with Crippen molar-refractivity contribution in [2.45, 2.75) is 29.4 Å². The van der Waals surface area contributed by atoms with E-state index in [-0.39, 0.29) is 29.9 Å². The molecule has 156 valence electrons. The van der Waals surface area contributed by atoms with E-state index in [0.717, 1.165) is 0 Å². The maximum Gasteiger partial charge on any atom is 0.415 e. The second-order valence-electron chi connectivity index (χ2n) is 7.13. The van der Waals surface area contributed by atoms with Gasteiger partial charge in [0, 0.05) is 18.1 Å². The van der Waals surface area contributed by atoms with Crippen LogP contribution < -0.4 is 14.8 Å².